The quantitative estimate of drug-likeness (QED) is 0.804. The van der Waals surface area contributed by atoms with Crippen LogP contribution < -0.4 is 4.72 Å². The lowest BCUT2D eigenvalue weighted by molar-refractivity contribution is 0.512. The molecule has 0 heterocycles. The van der Waals surface area contributed by atoms with Crippen LogP contribution in [-0.4, -0.2) is 9.96 Å². The monoisotopic (exact) mass is 205 g/mol. The van der Waals surface area contributed by atoms with Gasteiger partial charge in [0.25, 0.3) is 0 Å². The number of hydrogen-bond donors (Lipinski definition) is 1. The molecule has 0 aromatic heterocycles. The zero-order valence-corrected chi connectivity index (χ0v) is 7.83. The normalized spacial score (nSPS) is 12.5. The van der Waals surface area contributed by atoms with E-state index in [1.807, 2.05) is 0 Å². The first kappa shape index (κ1) is 10.1. The first-order valence-corrected chi connectivity index (χ1v) is 5.06. The second kappa shape index (κ2) is 4.32. The van der Waals surface area contributed by atoms with Crippen LogP contribution in [0.1, 0.15) is 6.92 Å². The molecule has 1 rings (SSSR count). The summed E-state index contributed by atoms with van der Waals surface area (Å²) in [6.45, 7) is 1.68. The second-order valence-corrected chi connectivity index (χ2v) is 3.81. The summed E-state index contributed by atoms with van der Waals surface area (Å²) in [5.74, 6) is -1.60. The highest BCUT2D eigenvalue weighted by atomic mass is 32.2. The highest BCUT2D eigenvalue weighted by Gasteiger charge is 2.08. The van der Waals surface area contributed by atoms with E-state index < -0.39 is 22.6 Å². The van der Waals surface area contributed by atoms with Gasteiger partial charge in [0.2, 0.25) is 0 Å². The minimum Gasteiger partial charge on any atom is -0.302 e. The lowest BCUT2D eigenvalue weighted by Gasteiger charge is -2.04. The van der Waals surface area contributed by atoms with Crippen molar-refractivity contribution in [1.29, 1.82) is 0 Å². The number of benzene rings is 1. The molecular weight excluding hydrogens is 196 g/mol. The molecule has 13 heavy (non-hydrogen) atoms. The SMILES string of the molecule is CCS(=O)Nc1cccc(F)c1F. The Balaban J connectivity index is 2.89. The van der Waals surface area contributed by atoms with E-state index in [1.165, 1.54) is 12.1 Å². The molecule has 0 spiro atoms. The van der Waals surface area contributed by atoms with Gasteiger partial charge in [0.05, 0.1) is 5.69 Å². The molecule has 72 valence electrons. The lowest BCUT2D eigenvalue weighted by Crippen LogP contribution is -2.08. The van der Waals surface area contributed by atoms with Crippen LogP contribution in [-0.2, 0) is 11.0 Å². The minimum absolute atomic E-state index is 0.0693. The van der Waals surface area contributed by atoms with E-state index in [1.54, 1.807) is 6.92 Å². The van der Waals surface area contributed by atoms with Crippen LogP contribution in [0.5, 0.6) is 0 Å². The maximum absolute atomic E-state index is 12.9. The summed E-state index contributed by atoms with van der Waals surface area (Å²) in [6, 6.07) is 3.70. The van der Waals surface area contributed by atoms with Gasteiger partial charge in [-0.2, -0.15) is 0 Å². The Morgan fingerprint density at radius 3 is 2.77 bits per heavy atom. The smallest absolute Gasteiger partial charge is 0.182 e. The van der Waals surface area contributed by atoms with Gasteiger partial charge >= 0.3 is 0 Å². The van der Waals surface area contributed by atoms with Crippen molar-refractivity contribution in [2.45, 2.75) is 6.92 Å². The van der Waals surface area contributed by atoms with E-state index in [4.69, 9.17) is 0 Å². The van der Waals surface area contributed by atoms with Crippen LogP contribution in [0.3, 0.4) is 0 Å². The van der Waals surface area contributed by atoms with Crippen molar-refractivity contribution in [3.8, 4) is 0 Å². The molecule has 1 atom stereocenters. The molecule has 1 N–H and O–H groups in total. The Morgan fingerprint density at radius 1 is 1.46 bits per heavy atom. The predicted molar refractivity (Wildman–Crippen MR) is 48.7 cm³/mol. The summed E-state index contributed by atoms with van der Waals surface area (Å²) in [4.78, 5) is 0. The summed E-state index contributed by atoms with van der Waals surface area (Å²) in [6.07, 6.45) is 0. The fraction of sp³-hybridized carbons (Fsp3) is 0.250. The number of halogens is 2. The van der Waals surface area contributed by atoms with Crippen molar-refractivity contribution in [2.75, 3.05) is 10.5 Å². The van der Waals surface area contributed by atoms with E-state index in [-0.39, 0.29) is 5.69 Å². The number of nitrogens with one attached hydrogen (secondary N) is 1. The lowest BCUT2D eigenvalue weighted by atomic mass is 10.3. The maximum atomic E-state index is 12.9. The van der Waals surface area contributed by atoms with E-state index >= 15 is 0 Å². The number of hydrogen-bond acceptors (Lipinski definition) is 1. The fourth-order valence-corrected chi connectivity index (χ4v) is 1.32. The van der Waals surface area contributed by atoms with Crippen molar-refractivity contribution in [3.05, 3.63) is 29.8 Å². The molecule has 0 fully saturated rings. The van der Waals surface area contributed by atoms with Crippen LogP contribution >= 0.6 is 0 Å². The second-order valence-electron chi connectivity index (χ2n) is 2.34. The first-order valence-electron chi connectivity index (χ1n) is 3.74. The van der Waals surface area contributed by atoms with Crippen molar-refractivity contribution in [1.82, 2.24) is 0 Å². The van der Waals surface area contributed by atoms with Gasteiger partial charge in [-0.15, -0.1) is 0 Å². The highest BCUT2D eigenvalue weighted by molar-refractivity contribution is 7.86. The molecule has 0 saturated heterocycles. The van der Waals surface area contributed by atoms with Gasteiger partial charge < -0.3 is 4.72 Å². The van der Waals surface area contributed by atoms with Gasteiger partial charge in [0, 0.05) is 5.75 Å². The highest BCUT2D eigenvalue weighted by Crippen LogP contribution is 2.16. The third-order valence-corrected chi connectivity index (χ3v) is 2.41. The molecule has 0 amide bonds. The number of rotatable bonds is 3. The molecule has 0 radical (unpaired) electrons. The van der Waals surface area contributed by atoms with Gasteiger partial charge in [-0.1, -0.05) is 13.0 Å². The zero-order chi connectivity index (χ0) is 9.84. The molecule has 0 aliphatic rings. The van der Waals surface area contributed by atoms with Gasteiger partial charge in [-0.25, -0.2) is 13.0 Å². The molecule has 1 unspecified atom stereocenters. The third-order valence-electron chi connectivity index (χ3n) is 1.44. The van der Waals surface area contributed by atoms with Gasteiger partial charge in [-0.05, 0) is 12.1 Å². The Hall–Kier alpha value is -0.970. The molecule has 0 saturated carbocycles. The Kier molecular flexibility index (Phi) is 3.36. The summed E-state index contributed by atoms with van der Waals surface area (Å²) < 4.78 is 38.9. The third kappa shape index (κ3) is 2.48. The van der Waals surface area contributed by atoms with Crippen LogP contribution in [0.4, 0.5) is 14.5 Å². The number of anilines is 1. The standard InChI is InChI=1S/C8H9F2NOS/c1-2-13(12)11-7-5-3-4-6(9)8(7)10/h3-5,11H,2H2,1H3. The molecular formula is C8H9F2NOS. The first-order chi connectivity index (χ1) is 6.15. The van der Waals surface area contributed by atoms with Crippen molar-refractivity contribution in [2.24, 2.45) is 0 Å². The van der Waals surface area contributed by atoms with Crippen molar-refractivity contribution < 1.29 is 13.0 Å². The zero-order valence-electron chi connectivity index (χ0n) is 7.01. The largest absolute Gasteiger partial charge is 0.302 e. The topological polar surface area (TPSA) is 29.1 Å². The van der Waals surface area contributed by atoms with Gasteiger partial charge in [-0.3, -0.25) is 0 Å². The Morgan fingerprint density at radius 2 is 2.15 bits per heavy atom. The fourth-order valence-electron chi connectivity index (χ4n) is 0.777. The molecule has 5 heteroatoms. The Bertz CT molecular complexity index is 330. The van der Waals surface area contributed by atoms with Gasteiger partial charge in [0.15, 0.2) is 11.6 Å². The van der Waals surface area contributed by atoms with E-state index in [2.05, 4.69) is 4.72 Å². The van der Waals surface area contributed by atoms with E-state index in [0.717, 1.165) is 6.07 Å². The van der Waals surface area contributed by atoms with Crippen LogP contribution in [0.25, 0.3) is 0 Å². The minimum atomic E-state index is -1.35. The molecule has 1 aromatic carbocycles. The van der Waals surface area contributed by atoms with E-state index in [0.29, 0.717) is 5.75 Å². The van der Waals surface area contributed by atoms with E-state index in [9.17, 15) is 13.0 Å². The average molecular weight is 205 g/mol. The van der Waals surface area contributed by atoms with Crippen LogP contribution in [0.2, 0.25) is 0 Å². The summed E-state index contributed by atoms with van der Waals surface area (Å²) >= 11 is 0. The molecule has 0 aliphatic heterocycles. The summed E-state index contributed by atoms with van der Waals surface area (Å²) in [5, 5.41) is 0. The summed E-state index contributed by atoms with van der Waals surface area (Å²) in [5.41, 5.74) is -0.0693. The predicted octanol–water partition coefficient (Wildman–Crippen LogP) is 2.06. The summed E-state index contributed by atoms with van der Waals surface area (Å²) in [7, 11) is -1.35. The molecule has 1 aromatic rings. The molecule has 0 bridgehead atoms. The van der Waals surface area contributed by atoms with Crippen LogP contribution in [0, 0.1) is 11.6 Å². The maximum Gasteiger partial charge on any atom is 0.182 e. The Labute approximate surface area is 77.6 Å². The van der Waals surface area contributed by atoms with Crippen LogP contribution in [0.15, 0.2) is 18.2 Å². The van der Waals surface area contributed by atoms with Crippen molar-refractivity contribution >= 4 is 16.7 Å². The van der Waals surface area contributed by atoms with Crippen molar-refractivity contribution in [3.63, 3.8) is 0 Å². The molecule has 2 nitrogen and oxygen atoms in total. The average Bonchev–Trinajstić information content (AvgIpc) is 2.13. The molecule has 0 aliphatic carbocycles. The van der Waals surface area contributed by atoms with Gasteiger partial charge in [0.1, 0.15) is 11.0 Å².